The first-order valence-electron chi connectivity index (χ1n) is 18.7. The number of fused-ring (bicyclic) bond motifs is 4. The van der Waals surface area contributed by atoms with Crippen LogP contribution in [-0.4, -0.2) is 148 Å². The lowest BCUT2D eigenvalue weighted by atomic mass is 9.81. The summed E-state index contributed by atoms with van der Waals surface area (Å²) >= 11 is 0. The van der Waals surface area contributed by atoms with Crippen molar-refractivity contribution in [3.05, 3.63) is 93.0 Å². The van der Waals surface area contributed by atoms with Gasteiger partial charge in [0.25, 0.3) is 0 Å². The highest BCUT2D eigenvalue weighted by molar-refractivity contribution is 6.34. The Balaban J connectivity index is 1.13. The fourth-order valence-corrected chi connectivity index (χ4v) is 7.18. The number of methoxy groups -OCH3 is 1. The Morgan fingerprint density at radius 1 is 0.439 bits per heavy atom. The molecule has 7 N–H and O–H groups in total. The Hall–Kier alpha value is -6.16. The molecule has 15 heteroatoms. The summed E-state index contributed by atoms with van der Waals surface area (Å²) in [5.74, 6) is -2.76. The lowest BCUT2D eigenvalue weighted by Gasteiger charge is -2.26. The number of ketones is 4. The average molecular weight is 780 g/mol. The molecule has 0 spiro atoms. The van der Waals surface area contributed by atoms with E-state index >= 15 is 0 Å². The highest BCUT2D eigenvalue weighted by Crippen LogP contribution is 2.44. The van der Waals surface area contributed by atoms with E-state index in [0.717, 1.165) is 0 Å². The molecule has 0 saturated carbocycles. The Labute approximate surface area is 331 Å². The standard InChI is InChI=1S/C42H49N7O8/c1-47(2)19-15-43-23-7-11-27(50)35-31(23)39(53)36-28(51)12-8-24(32(36)40(35)54)45-17-21-49(5)22-18-46-26-10-14-30(57-6)38-34(26)41(55)37-29(52)13-9-25(33(37)42(38)56)44-16-20-48(3)4/h7-14,43-46,50-52H,15-22H2,1-6H3. The van der Waals surface area contributed by atoms with E-state index in [1.54, 1.807) is 24.3 Å². The molecule has 0 atom stereocenters. The van der Waals surface area contributed by atoms with E-state index in [1.165, 1.54) is 31.4 Å². The van der Waals surface area contributed by atoms with Crippen molar-refractivity contribution in [2.45, 2.75) is 0 Å². The number of ether oxygens (including phenoxy) is 1. The van der Waals surface area contributed by atoms with Crippen molar-refractivity contribution in [1.29, 1.82) is 0 Å². The maximum Gasteiger partial charge on any atom is 0.200 e. The third kappa shape index (κ3) is 7.94. The molecule has 0 aromatic heterocycles. The topological polar surface area (TPSA) is 196 Å². The van der Waals surface area contributed by atoms with Gasteiger partial charge in [-0.15, -0.1) is 0 Å². The van der Waals surface area contributed by atoms with Gasteiger partial charge >= 0.3 is 0 Å². The Kier molecular flexibility index (Phi) is 12.0. The third-order valence-corrected chi connectivity index (χ3v) is 10.1. The molecule has 4 aromatic carbocycles. The van der Waals surface area contributed by atoms with Crippen molar-refractivity contribution in [2.75, 3.05) is 116 Å². The molecule has 15 nitrogen and oxygen atoms in total. The number of carbonyl (C=O) groups is 4. The van der Waals surface area contributed by atoms with Gasteiger partial charge in [0.05, 0.1) is 51.6 Å². The van der Waals surface area contributed by atoms with Crippen molar-refractivity contribution in [2.24, 2.45) is 0 Å². The van der Waals surface area contributed by atoms with Crippen LogP contribution in [0.2, 0.25) is 0 Å². The summed E-state index contributed by atoms with van der Waals surface area (Å²) < 4.78 is 5.53. The molecule has 4 aromatic rings. The summed E-state index contributed by atoms with van der Waals surface area (Å²) in [5, 5.41) is 45.3. The van der Waals surface area contributed by atoms with Crippen LogP contribution in [0, 0.1) is 0 Å². The van der Waals surface area contributed by atoms with Gasteiger partial charge in [-0.25, -0.2) is 0 Å². The molecule has 2 aliphatic carbocycles. The number of phenolic OH excluding ortho intramolecular Hbond substituents is 3. The molecule has 0 saturated heterocycles. The predicted octanol–water partition coefficient (Wildman–Crippen LogP) is 3.77. The highest BCUT2D eigenvalue weighted by atomic mass is 16.5. The summed E-state index contributed by atoms with van der Waals surface area (Å²) in [6.45, 7) is 4.09. The number of nitrogens with one attached hydrogen (secondary N) is 4. The monoisotopic (exact) mass is 779 g/mol. The summed E-state index contributed by atoms with van der Waals surface area (Å²) in [5.41, 5.74) is 1.68. The molecule has 6 rings (SSSR count). The quantitative estimate of drug-likeness (QED) is 0.0661. The molecule has 0 fully saturated rings. The van der Waals surface area contributed by atoms with E-state index in [-0.39, 0.29) is 67.5 Å². The number of nitrogens with zero attached hydrogens (tertiary/aromatic N) is 3. The minimum atomic E-state index is -0.576. The van der Waals surface area contributed by atoms with E-state index in [9.17, 15) is 34.5 Å². The predicted molar refractivity (Wildman–Crippen MR) is 220 cm³/mol. The zero-order chi connectivity index (χ0) is 41.1. The van der Waals surface area contributed by atoms with Crippen molar-refractivity contribution in [3.63, 3.8) is 0 Å². The minimum Gasteiger partial charge on any atom is -0.507 e. The first-order valence-corrected chi connectivity index (χ1v) is 18.7. The van der Waals surface area contributed by atoms with Crippen LogP contribution in [0.15, 0.2) is 48.5 Å². The molecule has 0 heterocycles. The fraction of sp³-hybridized carbons (Fsp3) is 0.333. The van der Waals surface area contributed by atoms with Crippen LogP contribution < -0.4 is 26.0 Å². The Morgan fingerprint density at radius 3 is 1.07 bits per heavy atom. The SMILES string of the molecule is COc1ccc(NCCN(C)CCNc2ccc(O)c3c2C(=O)c2c(O)ccc(NCCN(C)C)c2C3=O)c2c1C(=O)c1c(NCCN(C)C)ccc(O)c1C2=O. The molecule has 0 aliphatic heterocycles. The fourth-order valence-electron chi connectivity index (χ4n) is 7.18. The molecule has 0 radical (unpaired) electrons. The van der Waals surface area contributed by atoms with E-state index in [2.05, 4.69) is 21.3 Å². The normalized spacial score (nSPS) is 13.1. The zero-order valence-corrected chi connectivity index (χ0v) is 33.0. The molecule has 300 valence electrons. The van der Waals surface area contributed by atoms with Crippen LogP contribution in [0.5, 0.6) is 23.0 Å². The summed E-state index contributed by atoms with van der Waals surface area (Å²) in [4.78, 5) is 61.8. The lowest BCUT2D eigenvalue weighted by Crippen LogP contribution is -2.31. The van der Waals surface area contributed by atoms with E-state index in [4.69, 9.17) is 4.74 Å². The van der Waals surface area contributed by atoms with Gasteiger partial charge < -0.3 is 56.0 Å². The van der Waals surface area contributed by atoms with E-state index in [1.807, 2.05) is 49.9 Å². The van der Waals surface area contributed by atoms with Crippen LogP contribution in [0.1, 0.15) is 63.7 Å². The van der Waals surface area contributed by atoms with Crippen molar-refractivity contribution in [3.8, 4) is 23.0 Å². The summed E-state index contributed by atoms with van der Waals surface area (Å²) in [6, 6.07) is 12.2. The number of aromatic hydroxyl groups is 3. The molecular formula is C42H49N7O8. The van der Waals surface area contributed by atoms with Gasteiger partial charge in [0.2, 0.25) is 23.1 Å². The zero-order valence-electron chi connectivity index (χ0n) is 33.0. The molecule has 57 heavy (non-hydrogen) atoms. The summed E-state index contributed by atoms with van der Waals surface area (Å²) in [7, 11) is 11.0. The summed E-state index contributed by atoms with van der Waals surface area (Å²) in [6.07, 6.45) is 0. The first-order chi connectivity index (χ1) is 27.2. The second-order valence-corrected chi connectivity index (χ2v) is 14.6. The van der Waals surface area contributed by atoms with Gasteiger partial charge in [-0.05, 0) is 83.8 Å². The number of hydrogen-bond acceptors (Lipinski definition) is 15. The second kappa shape index (κ2) is 16.9. The number of hydrogen-bond donors (Lipinski definition) is 7. The van der Waals surface area contributed by atoms with E-state index in [0.29, 0.717) is 75.1 Å². The first kappa shape index (κ1) is 40.5. The third-order valence-electron chi connectivity index (χ3n) is 10.1. The number of rotatable bonds is 17. The van der Waals surface area contributed by atoms with Crippen LogP contribution in [-0.2, 0) is 0 Å². The van der Waals surface area contributed by atoms with Gasteiger partial charge in [0.1, 0.15) is 23.0 Å². The van der Waals surface area contributed by atoms with Crippen molar-refractivity contribution >= 4 is 45.9 Å². The largest absolute Gasteiger partial charge is 0.507 e. The van der Waals surface area contributed by atoms with Gasteiger partial charge in [-0.3, -0.25) is 19.2 Å². The Bertz CT molecular complexity index is 2250. The molecule has 0 bridgehead atoms. The lowest BCUT2D eigenvalue weighted by molar-refractivity contribution is 0.0975. The van der Waals surface area contributed by atoms with E-state index < -0.39 is 23.1 Å². The van der Waals surface area contributed by atoms with Crippen LogP contribution >= 0.6 is 0 Å². The van der Waals surface area contributed by atoms with Gasteiger partial charge in [0.15, 0.2) is 0 Å². The molecule has 2 aliphatic rings. The van der Waals surface area contributed by atoms with Gasteiger partial charge in [-0.1, -0.05) is 0 Å². The smallest absolute Gasteiger partial charge is 0.200 e. The van der Waals surface area contributed by atoms with Crippen LogP contribution in [0.4, 0.5) is 22.7 Å². The number of benzene rings is 4. The van der Waals surface area contributed by atoms with Crippen molar-refractivity contribution < 1.29 is 39.2 Å². The molecule has 0 amide bonds. The highest BCUT2D eigenvalue weighted by Gasteiger charge is 2.39. The van der Waals surface area contributed by atoms with Crippen LogP contribution in [0.3, 0.4) is 0 Å². The average Bonchev–Trinajstić information content (AvgIpc) is 3.16. The van der Waals surface area contributed by atoms with Gasteiger partial charge in [0, 0.05) is 75.1 Å². The number of likely N-dealkylation sites (N-methyl/N-ethyl adjacent to an activating group) is 3. The minimum absolute atomic E-state index is 0.00914. The van der Waals surface area contributed by atoms with Crippen LogP contribution in [0.25, 0.3) is 0 Å². The number of carbonyl (C=O) groups excluding carboxylic acids is 4. The maximum atomic E-state index is 14.1. The van der Waals surface area contributed by atoms with Crippen molar-refractivity contribution in [1.82, 2.24) is 14.7 Å². The second-order valence-electron chi connectivity index (χ2n) is 14.6. The Morgan fingerprint density at radius 2 is 0.737 bits per heavy atom. The number of anilines is 4. The molecule has 0 unspecified atom stereocenters. The molecular weight excluding hydrogens is 731 g/mol. The van der Waals surface area contributed by atoms with Gasteiger partial charge in [-0.2, -0.15) is 0 Å². The maximum absolute atomic E-state index is 14.1. The number of phenols is 3.